The molecule has 0 aliphatic carbocycles. The van der Waals surface area contributed by atoms with Crippen LogP contribution in [0.5, 0.6) is 11.5 Å². The summed E-state index contributed by atoms with van der Waals surface area (Å²) < 4.78 is 10.8. The van der Waals surface area contributed by atoms with Gasteiger partial charge in [0.05, 0.1) is 14.2 Å². The van der Waals surface area contributed by atoms with E-state index in [0.29, 0.717) is 44.2 Å². The molecule has 3 N–H and O–H groups in total. The van der Waals surface area contributed by atoms with Crippen LogP contribution in [0.15, 0.2) is 47.5 Å². The van der Waals surface area contributed by atoms with Crippen molar-refractivity contribution in [2.75, 3.05) is 33.9 Å². The molecule has 3 rings (SSSR count). The highest BCUT2D eigenvalue weighted by Crippen LogP contribution is 2.33. The fourth-order valence-corrected chi connectivity index (χ4v) is 3.72. The molecule has 0 fully saturated rings. The normalized spacial score (nSPS) is 13.5. The molecule has 7 heteroatoms. The lowest BCUT2D eigenvalue weighted by Crippen LogP contribution is -2.36. The van der Waals surface area contributed by atoms with Crippen LogP contribution in [0.2, 0.25) is 0 Å². The average molecular weight is 425 g/mol. The molecule has 0 spiro atoms. The standard InChI is InChI=1S/C24H32N4O3/c1-30-21-15-19-11-14-28(17-20(19)16-22(21)31-2)23(29)9-6-12-26-24(25)27-13-10-18-7-4-3-5-8-18/h3-5,7-8,15-16H,6,9-14,17H2,1-2H3,(H3,25,26,27). The fourth-order valence-electron chi connectivity index (χ4n) is 3.72. The summed E-state index contributed by atoms with van der Waals surface area (Å²) in [5.74, 6) is 2.00. The Hall–Kier alpha value is -3.22. The Morgan fingerprint density at radius 1 is 1.13 bits per heavy atom. The van der Waals surface area contributed by atoms with Crippen molar-refractivity contribution < 1.29 is 14.3 Å². The predicted molar refractivity (Wildman–Crippen MR) is 123 cm³/mol. The number of guanidine groups is 1. The zero-order valence-corrected chi connectivity index (χ0v) is 18.4. The summed E-state index contributed by atoms with van der Waals surface area (Å²) in [7, 11) is 3.26. The van der Waals surface area contributed by atoms with Crippen molar-refractivity contribution >= 4 is 11.9 Å². The van der Waals surface area contributed by atoms with Gasteiger partial charge in [-0.1, -0.05) is 30.3 Å². The number of benzene rings is 2. The van der Waals surface area contributed by atoms with E-state index < -0.39 is 0 Å². The lowest BCUT2D eigenvalue weighted by Gasteiger charge is -2.29. The van der Waals surface area contributed by atoms with Gasteiger partial charge < -0.3 is 25.4 Å². The topological polar surface area (TPSA) is 89.2 Å². The first-order valence-electron chi connectivity index (χ1n) is 10.7. The van der Waals surface area contributed by atoms with Crippen LogP contribution in [-0.2, 0) is 24.2 Å². The number of amides is 1. The number of nitrogens with zero attached hydrogens (tertiary/aromatic N) is 2. The molecular formula is C24H32N4O3. The van der Waals surface area contributed by atoms with Crippen molar-refractivity contribution in [2.45, 2.75) is 32.2 Å². The van der Waals surface area contributed by atoms with Crippen molar-refractivity contribution in [2.24, 2.45) is 10.7 Å². The largest absolute Gasteiger partial charge is 0.493 e. The van der Waals surface area contributed by atoms with Gasteiger partial charge in [-0.05, 0) is 48.1 Å². The van der Waals surface area contributed by atoms with Crippen LogP contribution in [0.25, 0.3) is 0 Å². The maximum absolute atomic E-state index is 12.6. The van der Waals surface area contributed by atoms with E-state index >= 15 is 0 Å². The Bertz CT molecular complexity index is 899. The summed E-state index contributed by atoms with van der Waals surface area (Å²) in [4.78, 5) is 18.9. The number of nitrogens with one attached hydrogen (secondary N) is 1. The number of fused-ring (bicyclic) bond motifs is 1. The Balaban J connectivity index is 1.40. The van der Waals surface area contributed by atoms with Gasteiger partial charge >= 0.3 is 0 Å². The van der Waals surface area contributed by atoms with Crippen molar-refractivity contribution in [3.8, 4) is 11.5 Å². The van der Waals surface area contributed by atoms with Gasteiger partial charge in [0, 0.05) is 32.6 Å². The number of aliphatic imine (C=N–C) groups is 1. The van der Waals surface area contributed by atoms with Crippen LogP contribution in [0.3, 0.4) is 0 Å². The molecule has 0 unspecified atom stereocenters. The minimum Gasteiger partial charge on any atom is -0.493 e. The summed E-state index contributed by atoms with van der Waals surface area (Å²) in [5.41, 5.74) is 9.50. The molecule has 1 amide bonds. The molecule has 1 aliphatic heterocycles. The van der Waals surface area contributed by atoms with Gasteiger partial charge in [-0.25, -0.2) is 0 Å². The molecule has 166 valence electrons. The third kappa shape index (κ3) is 6.38. The van der Waals surface area contributed by atoms with E-state index in [1.54, 1.807) is 14.2 Å². The highest BCUT2D eigenvalue weighted by molar-refractivity contribution is 5.78. The molecule has 1 heterocycles. The van der Waals surface area contributed by atoms with E-state index in [-0.39, 0.29) is 5.91 Å². The molecule has 0 saturated carbocycles. The maximum Gasteiger partial charge on any atom is 0.222 e. The summed E-state index contributed by atoms with van der Waals surface area (Å²) in [5, 5.41) is 3.12. The van der Waals surface area contributed by atoms with E-state index in [4.69, 9.17) is 15.2 Å². The molecule has 1 aliphatic rings. The maximum atomic E-state index is 12.6. The molecule has 0 aromatic heterocycles. The number of hydrogen-bond acceptors (Lipinski definition) is 4. The Morgan fingerprint density at radius 2 is 1.84 bits per heavy atom. The molecule has 0 saturated heterocycles. The monoisotopic (exact) mass is 424 g/mol. The van der Waals surface area contributed by atoms with E-state index in [2.05, 4.69) is 22.4 Å². The van der Waals surface area contributed by atoms with Gasteiger partial charge in [0.1, 0.15) is 0 Å². The first-order valence-corrected chi connectivity index (χ1v) is 10.7. The smallest absolute Gasteiger partial charge is 0.222 e. The van der Waals surface area contributed by atoms with E-state index in [0.717, 1.165) is 30.7 Å². The van der Waals surface area contributed by atoms with Crippen LogP contribution < -0.4 is 20.5 Å². The van der Waals surface area contributed by atoms with Gasteiger partial charge in [-0.2, -0.15) is 0 Å². The van der Waals surface area contributed by atoms with Gasteiger partial charge in [-0.3, -0.25) is 9.79 Å². The van der Waals surface area contributed by atoms with E-state index in [1.807, 2.05) is 35.2 Å². The first-order chi connectivity index (χ1) is 15.1. The van der Waals surface area contributed by atoms with Crippen molar-refractivity contribution in [3.63, 3.8) is 0 Å². The molecule has 2 aromatic rings. The molecule has 31 heavy (non-hydrogen) atoms. The number of carbonyl (C=O) groups is 1. The van der Waals surface area contributed by atoms with E-state index in [9.17, 15) is 4.79 Å². The van der Waals surface area contributed by atoms with Gasteiger partial charge in [0.25, 0.3) is 0 Å². The summed E-state index contributed by atoms with van der Waals surface area (Å²) in [6, 6.07) is 14.2. The van der Waals surface area contributed by atoms with E-state index in [1.165, 1.54) is 11.1 Å². The zero-order chi connectivity index (χ0) is 22.1. The highest BCUT2D eigenvalue weighted by atomic mass is 16.5. The molecule has 7 nitrogen and oxygen atoms in total. The SMILES string of the molecule is COc1cc2c(cc1OC)CN(C(=O)CCCN=C(N)NCCc1ccccc1)CC2. The third-order valence-corrected chi connectivity index (χ3v) is 5.46. The Kier molecular flexibility index (Phi) is 8.15. The summed E-state index contributed by atoms with van der Waals surface area (Å²) in [6.07, 6.45) is 2.85. The zero-order valence-electron chi connectivity index (χ0n) is 18.4. The van der Waals surface area contributed by atoms with Crippen LogP contribution in [-0.4, -0.2) is 50.6 Å². The Morgan fingerprint density at radius 3 is 2.55 bits per heavy atom. The van der Waals surface area contributed by atoms with Gasteiger partial charge in [0.2, 0.25) is 5.91 Å². The minimum atomic E-state index is 0.145. The number of hydrogen-bond donors (Lipinski definition) is 2. The van der Waals surface area contributed by atoms with Crippen LogP contribution in [0.4, 0.5) is 0 Å². The first kappa shape index (κ1) is 22.5. The minimum absolute atomic E-state index is 0.145. The van der Waals surface area contributed by atoms with Crippen molar-refractivity contribution in [1.82, 2.24) is 10.2 Å². The predicted octanol–water partition coefficient (Wildman–Crippen LogP) is 2.52. The average Bonchev–Trinajstić information content (AvgIpc) is 2.81. The second-order valence-electron chi connectivity index (χ2n) is 7.57. The number of methoxy groups -OCH3 is 2. The van der Waals surface area contributed by atoms with Crippen LogP contribution >= 0.6 is 0 Å². The van der Waals surface area contributed by atoms with Crippen LogP contribution in [0.1, 0.15) is 29.5 Å². The van der Waals surface area contributed by atoms with Crippen LogP contribution in [0, 0.1) is 0 Å². The summed E-state index contributed by atoms with van der Waals surface area (Å²) in [6.45, 7) is 2.58. The number of ether oxygens (including phenoxy) is 2. The third-order valence-electron chi connectivity index (χ3n) is 5.46. The van der Waals surface area contributed by atoms with Gasteiger partial charge in [-0.15, -0.1) is 0 Å². The lowest BCUT2D eigenvalue weighted by atomic mass is 9.98. The molecule has 0 radical (unpaired) electrons. The second-order valence-corrected chi connectivity index (χ2v) is 7.57. The van der Waals surface area contributed by atoms with Crippen molar-refractivity contribution in [3.05, 3.63) is 59.2 Å². The molecule has 0 atom stereocenters. The lowest BCUT2D eigenvalue weighted by molar-refractivity contribution is -0.132. The summed E-state index contributed by atoms with van der Waals surface area (Å²) >= 11 is 0. The molecular weight excluding hydrogens is 392 g/mol. The molecule has 2 aromatic carbocycles. The second kappa shape index (κ2) is 11.2. The molecule has 0 bridgehead atoms. The highest BCUT2D eigenvalue weighted by Gasteiger charge is 2.22. The Labute approximate surface area is 184 Å². The number of nitrogens with two attached hydrogens (primary N) is 1. The quantitative estimate of drug-likeness (QED) is 0.367. The number of rotatable bonds is 9. The van der Waals surface area contributed by atoms with Gasteiger partial charge in [0.15, 0.2) is 17.5 Å². The van der Waals surface area contributed by atoms with Crippen molar-refractivity contribution in [1.29, 1.82) is 0 Å². The fraction of sp³-hybridized carbons (Fsp3) is 0.417. The number of carbonyl (C=O) groups excluding carboxylic acids is 1.